The maximum absolute atomic E-state index is 5.52. The molecule has 0 spiro atoms. The van der Waals surface area contributed by atoms with E-state index in [1.165, 1.54) is 121 Å². The third-order valence-electron chi connectivity index (χ3n) is 14.8. The Morgan fingerprint density at radius 2 is 1.38 bits per heavy atom. The van der Waals surface area contributed by atoms with E-state index in [4.69, 9.17) is 11.6 Å². The first kappa shape index (κ1) is 39.6. The van der Waals surface area contributed by atoms with Crippen LogP contribution in [0.4, 0.5) is 0 Å². The fraction of sp³-hybridized carbons (Fsp3) is 0.288. The number of para-hydroxylation sites is 4. The van der Waals surface area contributed by atoms with Crippen LogP contribution in [0.2, 0.25) is 0 Å². The molecule has 0 amide bonds. The Bertz CT molecular complexity index is 3100. The molecule has 2 aliphatic heterocycles. The zero-order valence-corrected chi connectivity index (χ0v) is 37.4. The molecule has 0 saturated heterocycles. The molecule has 6 aromatic carbocycles. The Morgan fingerprint density at radius 3 is 2.14 bits per heavy atom. The number of fused-ring (bicyclic) bond motifs is 11. The van der Waals surface area contributed by atoms with Gasteiger partial charge in [-0.25, -0.2) is 4.57 Å². The lowest BCUT2D eigenvalue weighted by molar-refractivity contribution is -0.652. The predicted molar refractivity (Wildman–Crippen MR) is 264 cm³/mol. The number of allylic oxidation sites excluding steroid dienone is 1. The fourth-order valence-electron chi connectivity index (χ4n) is 11.7. The molecule has 2 atom stereocenters. The number of aliphatic imine (C=N–C) groups is 1. The Morgan fingerprint density at radius 1 is 0.667 bits per heavy atom. The number of imidazole rings is 1. The summed E-state index contributed by atoms with van der Waals surface area (Å²) in [5.41, 5.74) is 19.0. The second-order valence-corrected chi connectivity index (χ2v) is 19.2. The molecular formula is C59H59N4+. The van der Waals surface area contributed by atoms with Gasteiger partial charge in [-0.1, -0.05) is 139 Å². The molecule has 0 N–H and O–H groups in total. The standard InChI is InChI=1S/C59H59N4/c1-7-52-47-24-15-14-23-46(47)48-31-29-42-34-56-51(50-33-41(40-19-10-8-11-20-40)30-32-53(50)62(56)43-21-12-9-13-22-43)35-49(42)59-61(36-39(6)57(48)60-52)54-27-16-17-28-55(54)63(59)58-44(37(2)3)25-18-26-45(58)38(4)5/h7,9,12-18,21-28,30,32-35,37-38,40,48,57H,1,6,8,10-11,19-20,29,31,36H2,2-5H3/q+1. The minimum Gasteiger partial charge on any atom is -0.309 e. The van der Waals surface area contributed by atoms with Gasteiger partial charge < -0.3 is 4.57 Å². The third-order valence-corrected chi connectivity index (χ3v) is 14.8. The number of nitrogens with zero attached hydrogens (tertiary/aromatic N) is 4. The van der Waals surface area contributed by atoms with E-state index in [0.717, 1.165) is 24.1 Å². The number of benzene rings is 6. The zero-order chi connectivity index (χ0) is 42.9. The van der Waals surface area contributed by atoms with Gasteiger partial charge in [-0.05, 0) is 120 Å². The van der Waals surface area contributed by atoms with Crippen molar-refractivity contribution >= 4 is 38.6 Å². The molecule has 4 nitrogen and oxygen atoms in total. The van der Waals surface area contributed by atoms with Crippen molar-refractivity contribution in [2.45, 2.75) is 109 Å². The first-order valence-corrected chi connectivity index (χ1v) is 23.6. The van der Waals surface area contributed by atoms with Crippen LogP contribution in [0.1, 0.15) is 123 Å². The van der Waals surface area contributed by atoms with E-state index < -0.39 is 0 Å². The van der Waals surface area contributed by atoms with Crippen molar-refractivity contribution in [1.29, 1.82) is 0 Å². The van der Waals surface area contributed by atoms with Gasteiger partial charge in [0.15, 0.2) is 11.0 Å². The van der Waals surface area contributed by atoms with Gasteiger partial charge in [0.2, 0.25) is 0 Å². The van der Waals surface area contributed by atoms with Crippen LogP contribution in [0.5, 0.6) is 0 Å². The summed E-state index contributed by atoms with van der Waals surface area (Å²) in [5.74, 6) is 2.67. The molecule has 4 heteroatoms. The highest BCUT2D eigenvalue weighted by atomic mass is 15.2. The van der Waals surface area contributed by atoms with E-state index in [-0.39, 0.29) is 12.0 Å². The summed E-state index contributed by atoms with van der Waals surface area (Å²) in [6, 6.07) is 48.5. The monoisotopic (exact) mass is 823 g/mol. The maximum Gasteiger partial charge on any atom is 0.295 e. The number of rotatable bonds is 6. The molecule has 1 saturated carbocycles. The Balaban J connectivity index is 1.27. The second-order valence-electron chi connectivity index (χ2n) is 19.2. The van der Waals surface area contributed by atoms with E-state index >= 15 is 0 Å². The summed E-state index contributed by atoms with van der Waals surface area (Å²) in [5, 5.41) is 2.65. The zero-order valence-electron chi connectivity index (χ0n) is 37.4. The third kappa shape index (κ3) is 6.47. The van der Waals surface area contributed by atoms with Crippen LogP contribution in [0.25, 0.3) is 55.6 Å². The van der Waals surface area contributed by atoms with Gasteiger partial charge in [0.1, 0.15) is 12.2 Å². The van der Waals surface area contributed by atoms with E-state index in [2.05, 4.69) is 175 Å². The molecular weight excluding hydrogens is 765 g/mol. The summed E-state index contributed by atoms with van der Waals surface area (Å²) in [4.78, 5) is 5.52. The van der Waals surface area contributed by atoms with E-state index in [9.17, 15) is 0 Å². The first-order valence-electron chi connectivity index (χ1n) is 23.6. The second kappa shape index (κ2) is 15.8. The highest BCUT2D eigenvalue weighted by Crippen LogP contribution is 2.45. The van der Waals surface area contributed by atoms with Crippen LogP contribution in [-0.2, 0) is 13.0 Å². The van der Waals surface area contributed by atoms with E-state index in [0.29, 0.717) is 24.3 Å². The van der Waals surface area contributed by atoms with Crippen molar-refractivity contribution in [1.82, 2.24) is 9.13 Å². The van der Waals surface area contributed by atoms with Gasteiger partial charge in [-0.2, -0.15) is 4.57 Å². The van der Waals surface area contributed by atoms with Crippen molar-refractivity contribution in [3.05, 3.63) is 186 Å². The van der Waals surface area contributed by atoms with Crippen LogP contribution in [0, 0.1) is 0 Å². The normalized spacial score (nSPS) is 18.1. The van der Waals surface area contributed by atoms with Gasteiger partial charge in [0.05, 0.1) is 28.4 Å². The molecule has 3 aliphatic rings. The lowest BCUT2D eigenvalue weighted by Gasteiger charge is -2.33. The molecule has 314 valence electrons. The molecule has 11 rings (SSSR count). The topological polar surface area (TPSA) is 26.1 Å². The fourth-order valence-corrected chi connectivity index (χ4v) is 11.7. The quantitative estimate of drug-likeness (QED) is 0.118. The number of aromatic nitrogens is 3. The van der Waals surface area contributed by atoms with Crippen molar-refractivity contribution in [2.75, 3.05) is 0 Å². The van der Waals surface area contributed by atoms with Gasteiger partial charge in [0.25, 0.3) is 5.82 Å². The van der Waals surface area contributed by atoms with Crippen LogP contribution in [0.15, 0.2) is 157 Å². The summed E-state index contributed by atoms with van der Waals surface area (Å²) in [7, 11) is 0. The smallest absolute Gasteiger partial charge is 0.295 e. The van der Waals surface area contributed by atoms with E-state index in [1.54, 1.807) is 0 Å². The summed E-state index contributed by atoms with van der Waals surface area (Å²) < 4.78 is 7.78. The first-order chi connectivity index (χ1) is 30.8. The molecule has 8 aromatic rings. The highest BCUT2D eigenvalue weighted by molar-refractivity contribution is 6.12. The minimum absolute atomic E-state index is 0.0798. The molecule has 2 unspecified atom stereocenters. The average molecular weight is 824 g/mol. The predicted octanol–water partition coefficient (Wildman–Crippen LogP) is 14.6. The number of hydrogen-bond acceptors (Lipinski definition) is 1. The van der Waals surface area contributed by atoms with Crippen LogP contribution in [-0.4, -0.2) is 20.9 Å². The molecule has 0 radical (unpaired) electrons. The van der Waals surface area contributed by atoms with Crippen molar-refractivity contribution in [3.63, 3.8) is 0 Å². The van der Waals surface area contributed by atoms with Crippen molar-refractivity contribution in [2.24, 2.45) is 4.99 Å². The SMILES string of the molecule is C=CC1=NC2C(=C)C[n+]3c(n(-c4c(C(C)C)cccc4C(C)C)c4ccccc43)-c3cc4c5cc(C6CCCCC6)ccc5n(-c5ccccc5)c4cc3CCC2c2ccccc21. The summed E-state index contributed by atoms with van der Waals surface area (Å²) in [6.07, 6.45) is 10.3. The lowest BCUT2D eigenvalue weighted by atomic mass is 9.77. The van der Waals surface area contributed by atoms with Crippen molar-refractivity contribution in [3.8, 4) is 22.8 Å². The van der Waals surface area contributed by atoms with Crippen LogP contribution >= 0.6 is 0 Å². The number of aryl methyl sites for hydroxylation is 1. The van der Waals surface area contributed by atoms with Gasteiger partial charge >= 0.3 is 0 Å². The maximum atomic E-state index is 5.52. The van der Waals surface area contributed by atoms with Gasteiger partial charge in [0, 0.05) is 39.1 Å². The number of hydrogen-bond donors (Lipinski definition) is 0. The molecule has 1 aliphatic carbocycles. The summed E-state index contributed by atoms with van der Waals surface area (Å²) >= 11 is 0. The Hall–Kier alpha value is -6.26. The lowest BCUT2D eigenvalue weighted by Crippen LogP contribution is -2.41. The molecule has 0 bridgehead atoms. The van der Waals surface area contributed by atoms with Gasteiger partial charge in [-0.15, -0.1) is 0 Å². The minimum atomic E-state index is -0.0798. The largest absolute Gasteiger partial charge is 0.309 e. The average Bonchev–Trinajstić information content (AvgIpc) is 3.81. The van der Waals surface area contributed by atoms with Crippen LogP contribution < -0.4 is 4.57 Å². The Labute approximate surface area is 373 Å². The van der Waals surface area contributed by atoms with Crippen LogP contribution in [0.3, 0.4) is 0 Å². The molecule has 1 fully saturated rings. The molecule has 4 heterocycles. The van der Waals surface area contributed by atoms with E-state index in [1.807, 2.05) is 6.08 Å². The molecule has 63 heavy (non-hydrogen) atoms. The Kier molecular flexibility index (Phi) is 9.94. The van der Waals surface area contributed by atoms with Gasteiger partial charge in [-0.3, -0.25) is 4.99 Å². The summed E-state index contributed by atoms with van der Waals surface area (Å²) in [6.45, 7) is 19.2. The van der Waals surface area contributed by atoms with Crippen molar-refractivity contribution < 1.29 is 4.57 Å². The molecule has 2 aromatic heterocycles. The highest BCUT2D eigenvalue weighted by Gasteiger charge is 2.39.